The minimum absolute atomic E-state index is 0.0416. The van der Waals surface area contributed by atoms with Gasteiger partial charge in [0.2, 0.25) is 0 Å². The van der Waals surface area contributed by atoms with Gasteiger partial charge in [-0.3, -0.25) is 67.0 Å². The van der Waals surface area contributed by atoms with Crippen molar-refractivity contribution in [3.63, 3.8) is 0 Å². The monoisotopic (exact) mass is 1620 g/mol. The zero-order valence-electron chi connectivity index (χ0n) is 59.1. The van der Waals surface area contributed by atoms with E-state index in [2.05, 4.69) is 72.1 Å². The van der Waals surface area contributed by atoms with E-state index < -0.39 is 191 Å². The average molecular weight is 1620 g/mol. The molecule has 32 nitrogen and oxygen atoms in total. The number of amides is 2. The minimum Gasteiger partial charge on any atom is -0.388 e. The Hall–Kier alpha value is -5.28. The van der Waals surface area contributed by atoms with E-state index in [1.807, 2.05) is 31.6 Å². The van der Waals surface area contributed by atoms with Crippen LogP contribution >= 0.6 is 52.0 Å². The number of aliphatic hydroxyl groups is 8. The van der Waals surface area contributed by atoms with Crippen LogP contribution < -0.4 is 55.3 Å². The Morgan fingerprint density at radius 2 is 0.686 bits per heavy atom. The smallest absolute Gasteiger partial charge is 0.388 e. The van der Waals surface area contributed by atoms with E-state index >= 15 is 0 Å². The topological polar surface area (TPSA) is 480 Å². The summed E-state index contributed by atoms with van der Waals surface area (Å²) < 4.78 is 101. The third-order valence-corrected chi connectivity index (χ3v) is 23.2. The largest absolute Gasteiger partial charge is 0.471 e. The summed E-state index contributed by atoms with van der Waals surface area (Å²) in [6, 6.07) is 0. The molecule has 17 N–H and O–H groups in total. The van der Waals surface area contributed by atoms with E-state index in [4.69, 9.17) is 49.1 Å². The van der Waals surface area contributed by atoms with Gasteiger partial charge in [-0.2, -0.15) is 26.3 Å². The number of halogens is 6. The zero-order valence-corrected chi connectivity index (χ0v) is 64.3. The number of carbonyl (C=O) groups excluding carboxylic acids is 2. The van der Waals surface area contributed by atoms with E-state index in [1.54, 1.807) is 12.4 Å². The summed E-state index contributed by atoms with van der Waals surface area (Å²) in [4.78, 5) is 102. The SMILES string of the molecule is C=P(C)(C)CC[C@H]1O[C@@H](n2cc(CN)c(=O)[nH]c2=S)[C@H](O)[C@@H]1O.C=P(C)(C)CC[C@H]1O[C@@H](n2cc(CNC(=O)C(F)(F)F)c(=O)[nH]c2=O)[C@H](O)[C@@H]1O.C=P(C)(C)CC[C@H]1O[C@@H](n2cc(CNC(=O)C(F)(F)F)c(=O)[nH]c2=S)[C@H](O)[C@@H]1O.C=P(C)(C)CC[C@H]1O[C@@H](n2cc(CNC)c(=O)[nH]c2=O)[C@H](O)[C@@H]1O. The quantitative estimate of drug-likeness (QED) is 0.0248. The number of hydrogen-bond acceptors (Lipinski definition) is 24. The number of nitrogens with zero attached hydrogens (tertiary/aromatic N) is 4. The van der Waals surface area contributed by atoms with Gasteiger partial charge >= 0.3 is 35.5 Å². The van der Waals surface area contributed by atoms with Crippen LogP contribution in [-0.4, -0.2) is 287 Å². The van der Waals surface area contributed by atoms with E-state index in [1.165, 1.54) is 22.3 Å². The molecular formula is C61H96F6N12O20P4S2. The molecule has 2 amide bonds. The molecule has 0 aliphatic carbocycles. The average Bonchev–Trinajstić information content (AvgIpc) is 1.72. The molecule has 4 saturated heterocycles. The molecule has 0 radical (unpaired) electrons. The first-order chi connectivity index (χ1) is 48.2. The first-order valence-corrected chi connectivity index (χ1v) is 45.4. The molecule has 105 heavy (non-hydrogen) atoms. The molecular weight excluding hydrogens is 1520 g/mol. The van der Waals surface area contributed by atoms with Crippen LogP contribution in [0.2, 0.25) is 0 Å². The highest BCUT2D eigenvalue weighted by Gasteiger charge is 2.48. The molecule has 4 aromatic heterocycles. The molecule has 8 rings (SSSR count). The molecule has 44 heteroatoms. The van der Waals surface area contributed by atoms with Gasteiger partial charge in [0, 0.05) is 62.1 Å². The number of H-pyrrole nitrogens is 4. The Morgan fingerprint density at radius 1 is 0.448 bits per heavy atom. The number of nitrogens with one attached hydrogen (secondary N) is 7. The first kappa shape index (κ1) is 90.3. The summed E-state index contributed by atoms with van der Waals surface area (Å²) in [5.74, 6) is -4.45. The van der Waals surface area contributed by atoms with Crippen molar-refractivity contribution >= 4 is 89.0 Å². The van der Waals surface area contributed by atoms with Crippen LogP contribution in [-0.2, 0) is 54.7 Å². The molecule has 4 aromatic rings. The fraction of sp³-hybridized carbons (Fsp3) is 0.639. The molecule has 594 valence electrons. The molecule has 4 aliphatic heterocycles. The van der Waals surface area contributed by atoms with Crippen molar-refractivity contribution < 1.29 is 95.7 Å². The first-order valence-electron chi connectivity index (χ1n) is 32.4. The number of aromatic amines is 4. The van der Waals surface area contributed by atoms with Crippen LogP contribution in [0.25, 0.3) is 0 Å². The maximum absolute atomic E-state index is 12.3. The normalized spacial score (nSPS) is 26.4. The van der Waals surface area contributed by atoms with Gasteiger partial charge in [0.15, 0.2) is 34.5 Å². The lowest BCUT2D eigenvalue weighted by Gasteiger charge is -2.20. The second kappa shape index (κ2) is 37.0. The van der Waals surface area contributed by atoms with Gasteiger partial charge in [0.1, 0.15) is 48.8 Å². The van der Waals surface area contributed by atoms with E-state index in [0.717, 1.165) is 38.4 Å². The van der Waals surface area contributed by atoms with Crippen molar-refractivity contribution in [3.05, 3.63) is 119 Å². The van der Waals surface area contributed by atoms with Gasteiger partial charge in [0.25, 0.3) is 22.2 Å². The highest BCUT2D eigenvalue weighted by atomic mass is 32.1. The molecule has 4 fully saturated rings. The molecule has 4 aliphatic rings. The van der Waals surface area contributed by atoms with Gasteiger partial charge in [-0.25, -0.2) is 9.59 Å². The van der Waals surface area contributed by atoms with Crippen LogP contribution in [0.4, 0.5) is 26.3 Å². The third kappa shape index (κ3) is 25.7. The van der Waals surface area contributed by atoms with E-state index in [0.29, 0.717) is 49.1 Å². The van der Waals surface area contributed by atoms with Gasteiger partial charge in [-0.05, 0) is 135 Å². The molecule has 0 bridgehead atoms. The number of alkyl halides is 6. The van der Waals surface area contributed by atoms with Crippen LogP contribution in [0.15, 0.2) is 53.6 Å². The van der Waals surface area contributed by atoms with Gasteiger partial charge in [-0.15, -0.1) is 52.7 Å². The molecule has 0 spiro atoms. The number of hydrogen-bond donors (Lipinski definition) is 16. The fourth-order valence-electron chi connectivity index (χ4n) is 10.8. The second-order valence-electron chi connectivity index (χ2n) is 28.4. The Kier molecular flexibility index (Phi) is 31.8. The lowest BCUT2D eigenvalue weighted by Crippen LogP contribution is -2.41. The predicted octanol–water partition coefficient (Wildman–Crippen LogP) is -0.706. The maximum Gasteiger partial charge on any atom is 0.471 e. The number of nitrogens with two attached hydrogens (primary N) is 1. The third-order valence-electron chi connectivity index (χ3n) is 16.7. The Morgan fingerprint density at radius 3 is 0.943 bits per heavy atom. The standard InChI is InChI=1S/C16H23F3N3O6P.C16H23F3N3O5PS.C15H26N3O5P.C14H24N3O4PS/c1-29(2,3)5-4-9-10(23)11(24)13(28-9)22-7-8(12(25)21-15(22)27)6-20-14(26)16(17,18)19;1-28(2,3)5-4-9-10(23)11(24)13(27-9)22-7-8(12(25)21-15(22)29)6-20-14(26)16(17,18)19;1-16-7-9-8-18(15(22)17-13(9)21)14-12(20)11(19)10(23-14)5-6-24(2,3)4;1-22(2,3)5-4-9-10(18)11(19)13(21-9)17-7-8(6-15)12(20)16-14(17)23/h7,9-11,13,23-24H,1,4-6H2,2-3H3,(H,20,26)(H,21,25,27);7,9-11,13,23-24H,1,4-6H2,2-3H3,(H,20,26)(H,21,25,29);8,10-12,14,16,19-20H,2,5-7H2,1,3-4H3,(H,17,21,22);7,9-11,13,18-19H,1,4-6,15H2,2-3H3,(H,16,20,23)/t2*9-,10-,11-,13-;10-,11-,12-,14-;9-,10-,11-,13-/m1111/s1. The van der Waals surface area contributed by atoms with Crippen molar-refractivity contribution in [3.8, 4) is 0 Å². The van der Waals surface area contributed by atoms with Crippen molar-refractivity contribution in [2.75, 3.05) is 85.0 Å². The second-order valence-corrected chi connectivity index (χ2v) is 46.4. The van der Waals surface area contributed by atoms with Crippen LogP contribution in [0.1, 0.15) is 72.8 Å². The summed E-state index contributed by atoms with van der Waals surface area (Å²) in [6.45, 7) is 9.81. The number of aromatic nitrogens is 8. The number of carbonyl (C=O) groups is 2. The Balaban J connectivity index is 0.000000253. The highest BCUT2D eigenvalue weighted by Crippen LogP contribution is 2.43. The number of rotatable bonds is 23. The van der Waals surface area contributed by atoms with Crippen molar-refractivity contribution in [1.29, 1.82) is 0 Å². The lowest BCUT2D eigenvalue weighted by molar-refractivity contribution is -0.173. The molecule has 0 aromatic carbocycles. The molecule has 16 atom stereocenters. The fourth-order valence-corrected chi connectivity index (χ4v) is 15.1. The lowest BCUT2D eigenvalue weighted by atomic mass is 10.1. The zero-order chi connectivity index (χ0) is 79.7. The van der Waals surface area contributed by atoms with Gasteiger partial charge in [-0.1, -0.05) is 0 Å². The number of aliphatic hydroxyl groups excluding tert-OH is 8. The highest BCUT2D eigenvalue weighted by molar-refractivity contribution is 7.73. The van der Waals surface area contributed by atoms with Crippen LogP contribution in [0.5, 0.6) is 0 Å². The minimum atomic E-state index is -5.13. The summed E-state index contributed by atoms with van der Waals surface area (Å²) in [5, 5.41) is 88.1. The summed E-state index contributed by atoms with van der Waals surface area (Å²) >= 11 is 10.2. The predicted molar refractivity (Wildman–Crippen MR) is 396 cm³/mol. The number of ether oxygens (including phenoxy) is 4. The van der Waals surface area contributed by atoms with Crippen molar-refractivity contribution in [1.82, 2.24) is 54.2 Å². The van der Waals surface area contributed by atoms with E-state index in [-0.39, 0.29) is 39.3 Å². The van der Waals surface area contributed by atoms with Gasteiger partial charge in [0.05, 0.1) is 35.5 Å². The summed E-state index contributed by atoms with van der Waals surface area (Å²) in [5.41, 5.74) is 1.32. The maximum atomic E-state index is 12.3. The molecule has 0 saturated carbocycles. The molecule has 8 heterocycles. The molecule has 0 unspecified atom stereocenters. The summed E-state index contributed by atoms with van der Waals surface area (Å²) in [7, 11) is 1.68. The summed E-state index contributed by atoms with van der Waals surface area (Å²) in [6.07, 6.45) is -0.839. The van der Waals surface area contributed by atoms with E-state index in [9.17, 15) is 106 Å². The van der Waals surface area contributed by atoms with Crippen LogP contribution in [0, 0.1) is 9.54 Å². The van der Waals surface area contributed by atoms with Crippen molar-refractivity contribution in [2.45, 2.75) is 162 Å². The van der Waals surface area contributed by atoms with Crippen LogP contribution in [0.3, 0.4) is 0 Å². The van der Waals surface area contributed by atoms with Gasteiger partial charge < -0.3 is 81.5 Å². The Bertz CT molecular complexity index is 4260. The van der Waals surface area contributed by atoms with Crippen molar-refractivity contribution in [2.24, 2.45) is 5.73 Å². The Labute approximate surface area is 608 Å².